The maximum atomic E-state index is 12.9. The van der Waals surface area contributed by atoms with Gasteiger partial charge in [-0.25, -0.2) is 13.2 Å². The molecule has 0 saturated carbocycles. The molecule has 3 rings (SSSR count). The van der Waals surface area contributed by atoms with Crippen LogP contribution in [-0.2, 0) is 26.0 Å². The standard InChI is InChI=1S/C21H31N3O5S/c1-21(2,3)29-20(26)22(4)15-19(25)24-13-10-16-14-17(8-9-18(16)24)30(27,28)23-11-6-5-7-12-23/h8-9,14H,5-7,10-13,15H2,1-4H3. The largest absolute Gasteiger partial charge is 0.444 e. The maximum absolute atomic E-state index is 12.9. The number of nitrogens with zero attached hydrogens (tertiary/aromatic N) is 3. The number of hydrogen-bond donors (Lipinski definition) is 0. The Morgan fingerprint density at radius 3 is 2.40 bits per heavy atom. The summed E-state index contributed by atoms with van der Waals surface area (Å²) < 4.78 is 32.7. The van der Waals surface area contributed by atoms with Gasteiger partial charge >= 0.3 is 6.09 Å². The van der Waals surface area contributed by atoms with E-state index < -0.39 is 21.7 Å². The van der Waals surface area contributed by atoms with Crippen molar-refractivity contribution in [1.29, 1.82) is 0 Å². The molecule has 0 spiro atoms. The predicted molar refractivity (Wildman–Crippen MR) is 114 cm³/mol. The van der Waals surface area contributed by atoms with Gasteiger partial charge in [0.1, 0.15) is 12.1 Å². The van der Waals surface area contributed by atoms with Crippen LogP contribution < -0.4 is 4.90 Å². The Balaban J connectivity index is 1.71. The van der Waals surface area contributed by atoms with Crippen LogP contribution in [0.2, 0.25) is 0 Å². The lowest BCUT2D eigenvalue weighted by atomic mass is 10.2. The van der Waals surface area contributed by atoms with Crippen LogP contribution in [-0.4, -0.2) is 68.5 Å². The van der Waals surface area contributed by atoms with Crippen LogP contribution in [0.1, 0.15) is 45.6 Å². The molecule has 0 aromatic heterocycles. The number of carbonyl (C=O) groups is 2. The molecule has 166 valence electrons. The van der Waals surface area contributed by atoms with Gasteiger partial charge in [-0.1, -0.05) is 6.42 Å². The van der Waals surface area contributed by atoms with Gasteiger partial charge < -0.3 is 14.5 Å². The summed E-state index contributed by atoms with van der Waals surface area (Å²) in [7, 11) is -1.98. The fraction of sp³-hybridized carbons (Fsp3) is 0.619. The van der Waals surface area contributed by atoms with Gasteiger partial charge in [-0.2, -0.15) is 4.31 Å². The van der Waals surface area contributed by atoms with E-state index in [9.17, 15) is 18.0 Å². The number of amides is 2. The molecule has 2 heterocycles. The number of piperidine rings is 1. The molecule has 1 aromatic carbocycles. The summed E-state index contributed by atoms with van der Waals surface area (Å²) in [5.41, 5.74) is 0.904. The Morgan fingerprint density at radius 2 is 1.77 bits per heavy atom. The smallest absolute Gasteiger partial charge is 0.410 e. The summed E-state index contributed by atoms with van der Waals surface area (Å²) in [6.45, 7) is 6.78. The maximum Gasteiger partial charge on any atom is 0.410 e. The molecule has 2 amide bonds. The van der Waals surface area contributed by atoms with Gasteiger partial charge in [-0.3, -0.25) is 4.79 Å². The van der Waals surface area contributed by atoms with E-state index in [0.29, 0.717) is 31.7 Å². The molecule has 30 heavy (non-hydrogen) atoms. The molecule has 2 aliphatic heterocycles. The van der Waals surface area contributed by atoms with E-state index in [1.165, 1.54) is 11.9 Å². The van der Waals surface area contributed by atoms with Crippen LogP contribution in [0.25, 0.3) is 0 Å². The molecule has 0 unspecified atom stereocenters. The zero-order chi connectivity index (χ0) is 22.1. The first-order valence-corrected chi connectivity index (χ1v) is 11.8. The van der Waals surface area contributed by atoms with E-state index >= 15 is 0 Å². The Bertz CT molecular complexity index is 917. The van der Waals surface area contributed by atoms with E-state index in [2.05, 4.69) is 0 Å². The molecule has 0 radical (unpaired) electrons. The van der Waals surface area contributed by atoms with E-state index in [1.807, 2.05) is 0 Å². The second kappa shape index (κ2) is 8.55. The number of benzene rings is 1. The predicted octanol–water partition coefficient (Wildman–Crippen LogP) is 2.62. The first-order valence-electron chi connectivity index (χ1n) is 10.4. The summed E-state index contributed by atoms with van der Waals surface area (Å²) in [6.07, 6.45) is 2.86. The second-order valence-corrected chi connectivity index (χ2v) is 10.8. The average molecular weight is 438 g/mol. The monoisotopic (exact) mass is 437 g/mol. The molecule has 8 nitrogen and oxygen atoms in total. The van der Waals surface area contributed by atoms with Gasteiger partial charge in [0.2, 0.25) is 15.9 Å². The molecule has 0 atom stereocenters. The fourth-order valence-corrected chi connectivity index (χ4v) is 5.31. The minimum absolute atomic E-state index is 0.109. The van der Waals surface area contributed by atoms with Gasteiger partial charge in [0, 0.05) is 32.4 Å². The summed E-state index contributed by atoms with van der Waals surface area (Å²) >= 11 is 0. The van der Waals surface area contributed by atoms with Crippen molar-refractivity contribution >= 4 is 27.7 Å². The highest BCUT2D eigenvalue weighted by Gasteiger charge is 2.31. The van der Waals surface area contributed by atoms with Crippen LogP contribution in [0.15, 0.2) is 23.1 Å². The normalized spacial score (nSPS) is 17.5. The summed E-state index contributed by atoms with van der Waals surface area (Å²) in [6, 6.07) is 4.96. The highest BCUT2D eigenvalue weighted by Crippen LogP contribution is 2.32. The van der Waals surface area contributed by atoms with Crippen LogP contribution in [0, 0.1) is 0 Å². The van der Waals surface area contributed by atoms with Gasteiger partial charge in [0.05, 0.1) is 4.90 Å². The van der Waals surface area contributed by atoms with Gasteiger partial charge in [-0.15, -0.1) is 0 Å². The molecule has 1 saturated heterocycles. The second-order valence-electron chi connectivity index (χ2n) is 8.89. The first-order chi connectivity index (χ1) is 14.0. The number of sulfonamides is 1. The van der Waals surface area contributed by atoms with Gasteiger partial charge in [-0.05, 0) is 63.8 Å². The van der Waals surface area contributed by atoms with Crippen molar-refractivity contribution in [2.24, 2.45) is 0 Å². The van der Waals surface area contributed by atoms with E-state index in [4.69, 9.17) is 4.74 Å². The molecule has 0 bridgehead atoms. The number of ether oxygens (including phenoxy) is 1. The Morgan fingerprint density at radius 1 is 1.10 bits per heavy atom. The van der Waals surface area contributed by atoms with Crippen molar-refractivity contribution in [2.75, 3.05) is 38.1 Å². The van der Waals surface area contributed by atoms with Crippen molar-refractivity contribution in [2.45, 2.75) is 57.0 Å². The minimum Gasteiger partial charge on any atom is -0.444 e. The van der Waals surface area contributed by atoms with E-state index in [1.54, 1.807) is 48.2 Å². The highest BCUT2D eigenvalue weighted by molar-refractivity contribution is 7.89. The van der Waals surface area contributed by atoms with Gasteiger partial charge in [0.15, 0.2) is 0 Å². The molecule has 0 aliphatic carbocycles. The number of fused-ring (bicyclic) bond motifs is 1. The average Bonchev–Trinajstić information content (AvgIpc) is 3.10. The first kappa shape index (κ1) is 22.6. The van der Waals surface area contributed by atoms with E-state index in [-0.39, 0.29) is 17.3 Å². The zero-order valence-electron chi connectivity index (χ0n) is 18.2. The Hall–Kier alpha value is -2.13. The van der Waals surface area contributed by atoms with Crippen LogP contribution in [0.4, 0.5) is 10.5 Å². The molecule has 0 N–H and O–H groups in total. The third-order valence-corrected chi connectivity index (χ3v) is 7.17. The fourth-order valence-electron chi connectivity index (χ4n) is 3.74. The van der Waals surface area contributed by atoms with E-state index in [0.717, 1.165) is 24.8 Å². The molecule has 1 fully saturated rings. The summed E-state index contributed by atoms with van der Waals surface area (Å²) in [5.74, 6) is -0.228. The Kier molecular flexibility index (Phi) is 6.43. The molecular formula is C21H31N3O5S. The van der Waals surface area contributed by atoms with Crippen molar-refractivity contribution in [3.8, 4) is 0 Å². The summed E-state index contributed by atoms with van der Waals surface area (Å²) in [5, 5.41) is 0. The Labute approximate surface area is 178 Å². The number of hydrogen-bond acceptors (Lipinski definition) is 5. The van der Waals surface area contributed by atoms with Gasteiger partial charge in [0.25, 0.3) is 0 Å². The lowest BCUT2D eigenvalue weighted by Crippen LogP contribution is -2.42. The quantitative estimate of drug-likeness (QED) is 0.723. The van der Waals surface area contributed by atoms with Crippen molar-refractivity contribution in [3.63, 3.8) is 0 Å². The molecule has 1 aromatic rings. The summed E-state index contributed by atoms with van der Waals surface area (Å²) in [4.78, 5) is 28.0. The third kappa shape index (κ3) is 4.95. The number of anilines is 1. The molecule has 9 heteroatoms. The lowest BCUT2D eigenvalue weighted by molar-refractivity contribution is -0.119. The number of carbonyl (C=O) groups excluding carboxylic acids is 2. The SMILES string of the molecule is CN(CC(=O)N1CCc2cc(S(=O)(=O)N3CCCCC3)ccc21)C(=O)OC(C)(C)C. The van der Waals surface area contributed by atoms with Crippen molar-refractivity contribution in [3.05, 3.63) is 23.8 Å². The van der Waals surface area contributed by atoms with Crippen LogP contribution in [0.5, 0.6) is 0 Å². The third-order valence-electron chi connectivity index (χ3n) is 5.28. The van der Waals surface area contributed by atoms with Crippen molar-refractivity contribution in [1.82, 2.24) is 9.21 Å². The number of likely N-dealkylation sites (N-methyl/N-ethyl adjacent to an activating group) is 1. The molecule has 2 aliphatic rings. The van der Waals surface area contributed by atoms with Crippen molar-refractivity contribution < 1.29 is 22.7 Å². The zero-order valence-corrected chi connectivity index (χ0v) is 19.0. The lowest BCUT2D eigenvalue weighted by Gasteiger charge is -2.27. The molecular weight excluding hydrogens is 406 g/mol. The van der Waals surface area contributed by atoms with Crippen LogP contribution in [0.3, 0.4) is 0 Å². The minimum atomic E-state index is -3.51. The highest BCUT2D eigenvalue weighted by atomic mass is 32.2. The topological polar surface area (TPSA) is 87.2 Å². The number of rotatable bonds is 4. The van der Waals surface area contributed by atoms with Crippen LogP contribution >= 0.6 is 0 Å².